The minimum absolute atomic E-state index is 0.890. The minimum Gasteiger partial charge on any atom is -0.310 e. The van der Waals surface area contributed by atoms with Gasteiger partial charge in [0.05, 0.1) is 22.1 Å². The highest BCUT2D eigenvalue weighted by molar-refractivity contribution is 5.90. The van der Waals surface area contributed by atoms with Gasteiger partial charge in [-0.05, 0) is 79.1 Å². The van der Waals surface area contributed by atoms with Crippen molar-refractivity contribution in [2.24, 2.45) is 0 Å². The van der Waals surface area contributed by atoms with Gasteiger partial charge in [-0.25, -0.2) is 9.97 Å². The number of aromatic nitrogens is 2. The predicted octanol–water partition coefficient (Wildman–Crippen LogP) is 7.99. The van der Waals surface area contributed by atoms with Crippen molar-refractivity contribution in [2.75, 3.05) is 4.90 Å². The van der Waals surface area contributed by atoms with Crippen LogP contribution in [0, 0.1) is 6.92 Å². The molecule has 6 rings (SSSR count). The van der Waals surface area contributed by atoms with Gasteiger partial charge < -0.3 is 4.90 Å². The molecule has 0 aliphatic heterocycles. The van der Waals surface area contributed by atoms with Crippen LogP contribution in [-0.2, 0) is 0 Å². The molecule has 0 unspecified atom stereocenters. The van der Waals surface area contributed by atoms with E-state index in [1.54, 1.807) is 0 Å². The van der Waals surface area contributed by atoms with Crippen LogP contribution >= 0.6 is 0 Å². The molecule has 0 bridgehead atoms. The molecule has 0 spiro atoms. The second-order valence-corrected chi connectivity index (χ2v) is 8.41. The van der Waals surface area contributed by atoms with E-state index >= 15 is 0 Å². The molecule has 0 saturated carbocycles. The highest BCUT2D eigenvalue weighted by Gasteiger charge is 2.15. The Bertz CT molecular complexity index is 1550. The molecular formula is C30H23N3. The Labute approximate surface area is 193 Å². The Morgan fingerprint density at radius 3 is 1.97 bits per heavy atom. The molecule has 0 N–H and O–H groups in total. The van der Waals surface area contributed by atoms with Gasteiger partial charge in [-0.3, -0.25) is 0 Å². The van der Waals surface area contributed by atoms with Crippen LogP contribution in [0.3, 0.4) is 0 Å². The Morgan fingerprint density at radius 2 is 1.18 bits per heavy atom. The number of fused-ring (bicyclic) bond motifs is 3. The number of rotatable bonds is 3. The second kappa shape index (κ2) is 8.03. The Balaban J connectivity index is 1.54. The first-order chi connectivity index (χ1) is 16.2. The third-order valence-corrected chi connectivity index (χ3v) is 6.07. The standard InChI is InChI=1S/C30H23N3/c1-21-11-14-24(15-12-21)33(25-16-13-22-7-3-2-4-8-23(22)19-25)26-17-18-29-30(20-26)32-28-10-6-5-9-27(28)31-29/h3-20H,2H2,1H3. The number of aryl methyl sites for hydroxylation is 1. The molecule has 1 aliphatic carbocycles. The highest BCUT2D eigenvalue weighted by Crippen LogP contribution is 2.37. The topological polar surface area (TPSA) is 29.0 Å². The Kier molecular flexibility index (Phi) is 4.73. The molecule has 0 amide bonds. The fraction of sp³-hybridized carbons (Fsp3) is 0.0667. The first-order valence-corrected chi connectivity index (χ1v) is 11.3. The average Bonchev–Trinajstić information content (AvgIpc) is 3.09. The molecule has 1 heterocycles. The summed E-state index contributed by atoms with van der Waals surface area (Å²) in [6, 6.07) is 29.7. The van der Waals surface area contributed by atoms with E-state index in [0.29, 0.717) is 0 Å². The number of hydrogen-bond donors (Lipinski definition) is 0. The zero-order chi connectivity index (χ0) is 22.2. The quantitative estimate of drug-likeness (QED) is 0.274. The van der Waals surface area contributed by atoms with Crippen molar-refractivity contribution in [3.05, 3.63) is 114 Å². The molecule has 0 fully saturated rings. The number of hydrogen-bond acceptors (Lipinski definition) is 3. The van der Waals surface area contributed by atoms with E-state index in [9.17, 15) is 0 Å². The van der Waals surface area contributed by atoms with E-state index in [0.717, 1.165) is 45.5 Å². The smallest absolute Gasteiger partial charge is 0.0915 e. The van der Waals surface area contributed by atoms with Crippen LogP contribution in [0.25, 0.3) is 34.2 Å². The summed E-state index contributed by atoms with van der Waals surface area (Å²) in [5.74, 6) is 0. The van der Waals surface area contributed by atoms with Crippen LogP contribution in [0.4, 0.5) is 17.1 Å². The number of nitrogens with zero attached hydrogens (tertiary/aromatic N) is 3. The summed E-state index contributed by atoms with van der Waals surface area (Å²) in [5.41, 5.74) is 10.6. The fourth-order valence-corrected chi connectivity index (χ4v) is 4.35. The molecule has 0 atom stereocenters. The van der Waals surface area contributed by atoms with Crippen LogP contribution < -0.4 is 4.90 Å². The van der Waals surface area contributed by atoms with Gasteiger partial charge in [0.2, 0.25) is 0 Å². The van der Waals surface area contributed by atoms with E-state index < -0.39 is 0 Å². The average molecular weight is 426 g/mol. The van der Waals surface area contributed by atoms with Crippen LogP contribution in [-0.4, -0.2) is 9.97 Å². The lowest BCUT2D eigenvalue weighted by atomic mass is 10.0. The zero-order valence-electron chi connectivity index (χ0n) is 18.4. The maximum Gasteiger partial charge on any atom is 0.0915 e. The molecule has 1 aromatic heterocycles. The summed E-state index contributed by atoms with van der Waals surface area (Å²) < 4.78 is 0. The number of benzene rings is 4. The molecule has 33 heavy (non-hydrogen) atoms. The Morgan fingerprint density at radius 1 is 0.576 bits per heavy atom. The van der Waals surface area contributed by atoms with E-state index in [4.69, 9.17) is 9.97 Å². The zero-order valence-corrected chi connectivity index (χ0v) is 18.4. The van der Waals surface area contributed by atoms with Gasteiger partial charge in [0, 0.05) is 17.1 Å². The van der Waals surface area contributed by atoms with Crippen molar-refractivity contribution >= 4 is 51.3 Å². The molecule has 0 saturated heterocycles. The third kappa shape index (κ3) is 3.68. The van der Waals surface area contributed by atoms with Crippen molar-refractivity contribution < 1.29 is 0 Å². The van der Waals surface area contributed by atoms with Gasteiger partial charge >= 0.3 is 0 Å². The predicted molar refractivity (Wildman–Crippen MR) is 139 cm³/mol. The second-order valence-electron chi connectivity index (χ2n) is 8.41. The molecule has 4 aromatic carbocycles. The van der Waals surface area contributed by atoms with Crippen molar-refractivity contribution in [2.45, 2.75) is 13.3 Å². The molecule has 1 aliphatic rings. The van der Waals surface area contributed by atoms with Crippen molar-refractivity contribution in [3.63, 3.8) is 0 Å². The van der Waals surface area contributed by atoms with Crippen LogP contribution in [0.5, 0.6) is 0 Å². The van der Waals surface area contributed by atoms with Crippen molar-refractivity contribution in [3.8, 4) is 0 Å². The van der Waals surface area contributed by atoms with Crippen LogP contribution in [0.2, 0.25) is 0 Å². The number of anilines is 3. The summed E-state index contributed by atoms with van der Waals surface area (Å²) in [6.45, 7) is 2.12. The summed E-state index contributed by atoms with van der Waals surface area (Å²) in [7, 11) is 0. The number of para-hydroxylation sites is 2. The van der Waals surface area contributed by atoms with Gasteiger partial charge in [0.15, 0.2) is 0 Å². The van der Waals surface area contributed by atoms with Gasteiger partial charge in [-0.2, -0.15) is 0 Å². The maximum absolute atomic E-state index is 4.90. The summed E-state index contributed by atoms with van der Waals surface area (Å²) >= 11 is 0. The Hall–Kier alpha value is -4.24. The fourth-order valence-electron chi connectivity index (χ4n) is 4.35. The van der Waals surface area contributed by atoms with E-state index in [1.165, 1.54) is 16.7 Å². The molecule has 158 valence electrons. The lowest BCUT2D eigenvalue weighted by Crippen LogP contribution is -2.10. The summed E-state index contributed by atoms with van der Waals surface area (Å²) in [5, 5.41) is 0. The van der Waals surface area contributed by atoms with Gasteiger partial charge in [-0.1, -0.05) is 60.2 Å². The van der Waals surface area contributed by atoms with Crippen molar-refractivity contribution in [1.29, 1.82) is 0 Å². The largest absolute Gasteiger partial charge is 0.310 e. The summed E-state index contributed by atoms with van der Waals surface area (Å²) in [4.78, 5) is 12.0. The number of allylic oxidation sites excluding steroid dienone is 2. The lowest BCUT2D eigenvalue weighted by Gasteiger charge is -2.26. The first kappa shape index (κ1) is 19.4. The molecule has 5 aromatic rings. The maximum atomic E-state index is 4.90. The molecular weight excluding hydrogens is 402 g/mol. The summed E-state index contributed by atoms with van der Waals surface area (Å²) in [6.07, 6.45) is 9.78. The van der Waals surface area contributed by atoms with Gasteiger partial charge in [-0.15, -0.1) is 0 Å². The normalized spacial score (nSPS) is 12.6. The molecule has 3 heteroatoms. The van der Waals surface area contributed by atoms with E-state index in [-0.39, 0.29) is 0 Å². The van der Waals surface area contributed by atoms with Gasteiger partial charge in [0.25, 0.3) is 0 Å². The van der Waals surface area contributed by atoms with Crippen LogP contribution in [0.15, 0.2) is 97.1 Å². The lowest BCUT2D eigenvalue weighted by molar-refractivity contribution is 1.27. The molecule has 0 radical (unpaired) electrons. The van der Waals surface area contributed by atoms with Gasteiger partial charge in [0.1, 0.15) is 0 Å². The molecule has 3 nitrogen and oxygen atoms in total. The minimum atomic E-state index is 0.890. The van der Waals surface area contributed by atoms with E-state index in [2.05, 4.69) is 96.8 Å². The van der Waals surface area contributed by atoms with E-state index in [1.807, 2.05) is 24.3 Å². The van der Waals surface area contributed by atoms with Crippen LogP contribution in [0.1, 0.15) is 23.1 Å². The van der Waals surface area contributed by atoms with Crippen molar-refractivity contribution in [1.82, 2.24) is 9.97 Å². The third-order valence-electron chi connectivity index (χ3n) is 6.07. The first-order valence-electron chi connectivity index (χ1n) is 11.3. The SMILES string of the molecule is Cc1ccc(N(c2ccc3c(c2)C=CCC=C3)c2ccc3nc4ccccc4nc3c2)cc1. The monoisotopic (exact) mass is 425 g/mol. The highest BCUT2D eigenvalue weighted by atomic mass is 15.1.